The Labute approximate surface area is 141 Å². The Balaban J connectivity index is 2.38. The van der Waals surface area contributed by atoms with E-state index in [4.69, 9.17) is 4.74 Å². The first kappa shape index (κ1) is 17.9. The van der Waals surface area contributed by atoms with Gasteiger partial charge in [0.25, 0.3) is 5.91 Å². The van der Waals surface area contributed by atoms with Crippen LogP contribution in [0.5, 0.6) is 5.75 Å². The summed E-state index contributed by atoms with van der Waals surface area (Å²) in [7, 11) is -2.26. The van der Waals surface area contributed by atoms with E-state index < -0.39 is 15.9 Å². The molecule has 24 heavy (non-hydrogen) atoms. The fourth-order valence-corrected chi connectivity index (χ4v) is 3.17. The maximum Gasteiger partial charge on any atom is 0.260 e. The molecule has 2 N–H and O–H groups in total. The molecule has 0 atom stereocenters. The standard InChI is InChI=1S/C16H19N3O4S/c1-4-17-24(21,22)12-8-9-14(23-3)13(10-12)16(20)19-15-7-5-6-11(2)18-15/h5-10,17H,4H2,1-3H3,(H,18,19,20). The van der Waals surface area contributed by atoms with Gasteiger partial charge in [0.05, 0.1) is 17.6 Å². The van der Waals surface area contributed by atoms with Crippen LogP contribution in [0.2, 0.25) is 0 Å². The Kier molecular flexibility index (Phi) is 5.53. The largest absolute Gasteiger partial charge is 0.496 e. The molecule has 0 bridgehead atoms. The van der Waals surface area contributed by atoms with Crippen molar-refractivity contribution >= 4 is 21.7 Å². The minimum atomic E-state index is -3.67. The number of sulfonamides is 1. The number of hydrogen-bond acceptors (Lipinski definition) is 5. The first-order valence-corrected chi connectivity index (χ1v) is 8.78. The highest BCUT2D eigenvalue weighted by Gasteiger charge is 2.19. The lowest BCUT2D eigenvalue weighted by Crippen LogP contribution is -2.24. The third-order valence-corrected chi connectivity index (χ3v) is 4.73. The Hall–Kier alpha value is -2.45. The number of amides is 1. The summed E-state index contributed by atoms with van der Waals surface area (Å²) in [6, 6.07) is 9.33. The molecule has 0 aliphatic heterocycles. The number of rotatable bonds is 6. The fourth-order valence-electron chi connectivity index (χ4n) is 2.10. The normalized spacial score (nSPS) is 11.1. The zero-order valence-electron chi connectivity index (χ0n) is 13.7. The first-order valence-electron chi connectivity index (χ1n) is 7.30. The van der Waals surface area contributed by atoms with Crippen LogP contribution in [0.15, 0.2) is 41.3 Å². The van der Waals surface area contributed by atoms with Crippen LogP contribution in [0.3, 0.4) is 0 Å². The molecule has 1 amide bonds. The van der Waals surface area contributed by atoms with Crippen molar-refractivity contribution < 1.29 is 17.9 Å². The van der Waals surface area contributed by atoms with E-state index in [2.05, 4.69) is 15.0 Å². The second-order valence-electron chi connectivity index (χ2n) is 4.98. The summed E-state index contributed by atoms with van der Waals surface area (Å²) in [5.74, 6) is 0.149. The number of carbonyl (C=O) groups excluding carboxylic acids is 1. The smallest absolute Gasteiger partial charge is 0.260 e. The van der Waals surface area contributed by atoms with Gasteiger partial charge >= 0.3 is 0 Å². The molecule has 0 aliphatic rings. The number of aromatic nitrogens is 1. The topological polar surface area (TPSA) is 97.4 Å². The van der Waals surface area contributed by atoms with Crippen molar-refractivity contribution in [3.05, 3.63) is 47.7 Å². The lowest BCUT2D eigenvalue weighted by Gasteiger charge is -2.12. The molecule has 0 fully saturated rings. The van der Waals surface area contributed by atoms with Crippen LogP contribution < -0.4 is 14.8 Å². The van der Waals surface area contributed by atoms with E-state index in [9.17, 15) is 13.2 Å². The van der Waals surface area contributed by atoms with Gasteiger partial charge in [-0.1, -0.05) is 13.0 Å². The predicted molar refractivity (Wildman–Crippen MR) is 90.8 cm³/mol. The zero-order chi connectivity index (χ0) is 17.7. The van der Waals surface area contributed by atoms with Crippen LogP contribution in [0, 0.1) is 6.92 Å². The summed E-state index contributed by atoms with van der Waals surface area (Å²) in [4.78, 5) is 16.7. The van der Waals surface area contributed by atoms with Crippen molar-refractivity contribution in [1.29, 1.82) is 0 Å². The van der Waals surface area contributed by atoms with Gasteiger partial charge in [0, 0.05) is 12.2 Å². The van der Waals surface area contributed by atoms with Gasteiger partial charge in [-0.2, -0.15) is 0 Å². The van der Waals surface area contributed by atoms with Gasteiger partial charge in [-0.05, 0) is 37.3 Å². The van der Waals surface area contributed by atoms with E-state index in [0.29, 0.717) is 5.82 Å². The minimum Gasteiger partial charge on any atom is -0.496 e. The molecule has 0 spiro atoms. The average Bonchev–Trinajstić information content (AvgIpc) is 2.54. The number of aryl methyl sites for hydroxylation is 1. The number of methoxy groups -OCH3 is 1. The Morgan fingerprint density at radius 2 is 2.00 bits per heavy atom. The molecule has 1 heterocycles. The molecule has 0 saturated heterocycles. The van der Waals surface area contributed by atoms with Crippen molar-refractivity contribution in [2.75, 3.05) is 19.0 Å². The van der Waals surface area contributed by atoms with E-state index in [1.165, 1.54) is 25.3 Å². The molecule has 8 heteroatoms. The van der Waals surface area contributed by atoms with Gasteiger partial charge in [-0.25, -0.2) is 18.1 Å². The summed E-state index contributed by atoms with van der Waals surface area (Å²) in [6.45, 7) is 3.74. The molecule has 0 unspecified atom stereocenters. The van der Waals surface area contributed by atoms with Gasteiger partial charge < -0.3 is 10.1 Å². The second kappa shape index (κ2) is 7.41. The number of pyridine rings is 1. The molecule has 1 aromatic carbocycles. The second-order valence-corrected chi connectivity index (χ2v) is 6.75. The summed E-state index contributed by atoms with van der Waals surface area (Å²) in [6.07, 6.45) is 0. The van der Waals surface area contributed by atoms with Gasteiger partial charge in [0.2, 0.25) is 10.0 Å². The Bertz CT molecular complexity index is 850. The van der Waals surface area contributed by atoms with Crippen LogP contribution in [0.1, 0.15) is 23.0 Å². The maximum atomic E-state index is 12.5. The number of nitrogens with one attached hydrogen (secondary N) is 2. The third kappa shape index (κ3) is 4.09. The minimum absolute atomic E-state index is 0.00694. The third-order valence-electron chi connectivity index (χ3n) is 3.19. The van der Waals surface area contributed by atoms with Crippen LogP contribution >= 0.6 is 0 Å². The van der Waals surface area contributed by atoms with E-state index in [-0.39, 0.29) is 22.8 Å². The van der Waals surface area contributed by atoms with E-state index >= 15 is 0 Å². The van der Waals surface area contributed by atoms with Crippen molar-refractivity contribution in [2.45, 2.75) is 18.7 Å². The molecular weight excluding hydrogens is 330 g/mol. The van der Waals surface area contributed by atoms with E-state index in [0.717, 1.165) is 5.69 Å². The lowest BCUT2D eigenvalue weighted by atomic mass is 10.2. The first-order chi connectivity index (χ1) is 11.4. The molecular formula is C16H19N3O4S. The quantitative estimate of drug-likeness (QED) is 0.831. The molecule has 2 aromatic rings. The number of nitrogens with zero attached hydrogens (tertiary/aromatic N) is 1. The van der Waals surface area contributed by atoms with E-state index in [1.54, 1.807) is 32.0 Å². The Morgan fingerprint density at radius 3 is 2.62 bits per heavy atom. The fraction of sp³-hybridized carbons (Fsp3) is 0.250. The Morgan fingerprint density at radius 1 is 1.25 bits per heavy atom. The molecule has 1 aromatic heterocycles. The number of anilines is 1. The van der Waals surface area contributed by atoms with Gasteiger partial charge in [-0.15, -0.1) is 0 Å². The highest BCUT2D eigenvalue weighted by atomic mass is 32.2. The SMILES string of the molecule is CCNS(=O)(=O)c1ccc(OC)c(C(=O)Nc2cccc(C)n2)c1. The van der Waals surface area contributed by atoms with Crippen molar-refractivity contribution in [3.63, 3.8) is 0 Å². The highest BCUT2D eigenvalue weighted by molar-refractivity contribution is 7.89. The molecule has 0 aliphatic carbocycles. The summed E-state index contributed by atoms with van der Waals surface area (Å²) in [5.41, 5.74) is 0.864. The number of carbonyl (C=O) groups is 1. The zero-order valence-corrected chi connectivity index (χ0v) is 14.5. The average molecular weight is 349 g/mol. The summed E-state index contributed by atoms with van der Waals surface area (Å²) >= 11 is 0. The van der Waals surface area contributed by atoms with Gasteiger partial charge in [-0.3, -0.25) is 4.79 Å². The van der Waals surface area contributed by atoms with Crippen LogP contribution in [-0.2, 0) is 10.0 Å². The number of hydrogen-bond donors (Lipinski definition) is 2. The molecule has 2 rings (SSSR count). The molecule has 7 nitrogen and oxygen atoms in total. The van der Waals surface area contributed by atoms with Crippen molar-refractivity contribution in [1.82, 2.24) is 9.71 Å². The monoisotopic (exact) mass is 349 g/mol. The van der Waals surface area contributed by atoms with Gasteiger partial charge in [0.1, 0.15) is 11.6 Å². The molecule has 0 radical (unpaired) electrons. The van der Waals surface area contributed by atoms with E-state index in [1.807, 2.05) is 0 Å². The number of benzene rings is 1. The summed E-state index contributed by atoms with van der Waals surface area (Å²) < 4.78 is 31.8. The number of ether oxygens (including phenoxy) is 1. The predicted octanol–water partition coefficient (Wildman–Crippen LogP) is 1.95. The summed E-state index contributed by atoms with van der Waals surface area (Å²) in [5, 5.41) is 2.64. The highest BCUT2D eigenvalue weighted by Crippen LogP contribution is 2.23. The van der Waals surface area contributed by atoms with Crippen molar-refractivity contribution in [3.8, 4) is 5.75 Å². The molecule has 128 valence electrons. The van der Waals surface area contributed by atoms with Gasteiger partial charge in [0.15, 0.2) is 0 Å². The molecule has 0 saturated carbocycles. The maximum absolute atomic E-state index is 12.5. The van der Waals surface area contributed by atoms with Crippen LogP contribution in [0.4, 0.5) is 5.82 Å². The van der Waals surface area contributed by atoms with Crippen LogP contribution in [-0.4, -0.2) is 33.0 Å². The van der Waals surface area contributed by atoms with Crippen LogP contribution in [0.25, 0.3) is 0 Å². The van der Waals surface area contributed by atoms with Crippen molar-refractivity contribution in [2.24, 2.45) is 0 Å². The lowest BCUT2D eigenvalue weighted by molar-refractivity contribution is 0.102.